The molecule has 0 unspecified atom stereocenters. The molecular weight excluding hydrogens is 490 g/mol. The number of aromatic nitrogens is 5. The Bertz CT molecular complexity index is 2430. The fourth-order valence-electron chi connectivity index (χ4n) is 6.37. The first-order valence-corrected chi connectivity index (χ1v) is 13.4. The number of fused-ring (bicyclic) bond motifs is 10. The largest absolute Gasteiger partial charge is 0.292 e. The lowest BCUT2D eigenvalue weighted by Gasteiger charge is -2.13. The molecule has 186 valence electrons. The second-order valence-electron chi connectivity index (χ2n) is 10.2. The fourth-order valence-corrected chi connectivity index (χ4v) is 6.37. The molecule has 5 aromatic carbocycles. The minimum atomic E-state index is 0.828. The second-order valence-corrected chi connectivity index (χ2v) is 10.2. The minimum Gasteiger partial charge on any atom is -0.292 e. The van der Waals surface area contributed by atoms with Crippen molar-refractivity contribution in [2.24, 2.45) is 0 Å². The van der Waals surface area contributed by atoms with Gasteiger partial charge in [0.2, 0.25) is 0 Å². The Morgan fingerprint density at radius 3 is 2.08 bits per heavy atom. The summed E-state index contributed by atoms with van der Waals surface area (Å²) in [5.74, 6) is 0. The third kappa shape index (κ3) is 2.78. The molecule has 0 radical (unpaired) electrons. The van der Waals surface area contributed by atoms with Gasteiger partial charge in [-0.2, -0.15) is 0 Å². The van der Waals surface area contributed by atoms with Crippen LogP contribution in [0.4, 0.5) is 0 Å². The van der Waals surface area contributed by atoms with Gasteiger partial charge in [0.15, 0.2) is 5.65 Å². The van der Waals surface area contributed by atoms with Gasteiger partial charge in [-0.25, -0.2) is 4.98 Å². The number of hydrogen-bond acceptors (Lipinski definition) is 3. The molecule has 0 spiro atoms. The summed E-state index contributed by atoms with van der Waals surface area (Å²) in [5, 5.41) is 17.8. The van der Waals surface area contributed by atoms with E-state index < -0.39 is 0 Å². The van der Waals surface area contributed by atoms with Crippen LogP contribution >= 0.6 is 0 Å². The van der Waals surface area contributed by atoms with Gasteiger partial charge in [-0.05, 0) is 52.6 Å². The maximum Gasteiger partial charge on any atom is 0.170 e. The van der Waals surface area contributed by atoms with Crippen molar-refractivity contribution in [1.29, 1.82) is 0 Å². The smallest absolute Gasteiger partial charge is 0.170 e. The molecule has 0 saturated carbocycles. The number of hydrogen-bond donors (Lipinski definition) is 0. The van der Waals surface area contributed by atoms with Crippen LogP contribution in [0, 0.1) is 0 Å². The highest BCUT2D eigenvalue weighted by molar-refractivity contribution is 6.24. The molecule has 0 aliphatic carbocycles. The zero-order valence-electron chi connectivity index (χ0n) is 21.4. The van der Waals surface area contributed by atoms with Crippen LogP contribution in [0.15, 0.2) is 128 Å². The lowest BCUT2D eigenvalue weighted by Crippen LogP contribution is -1.99. The normalized spacial score (nSPS) is 12.0. The molecule has 9 rings (SSSR count). The Balaban J connectivity index is 1.53. The number of rotatable bonds is 2. The van der Waals surface area contributed by atoms with Crippen LogP contribution in [0.3, 0.4) is 0 Å². The van der Waals surface area contributed by atoms with Crippen LogP contribution in [-0.2, 0) is 0 Å². The maximum absolute atomic E-state index is 4.94. The molecule has 40 heavy (non-hydrogen) atoms. The standard InChI is InChI=1S/C35H21N5/c1-2-12-23(13-3-1)39-33-31-27-17-8-9-19-29(27)40(35(31)38-37-32(33)28-18-10-20-36-34(28)39)30-21-22-11-4-5-14-24(22)25-15-6-7-16-26(25)30/h1-21H. The first-order valence-electron chi connectivity index (χ1n) is 13.4. The fraction of sp³-hybridized carbons (Fsp3) is 0. The third-order valence-corrected chi connectivity index (χ3v) is 8.03. The zero-order valence-corrected chi connectivity index (χ0v) is 21.4. The third-order valence-electron chi connectivity index (χ3n) is 8.03. The van der Waals surface area contributed by atoms with Crippen LogP contribution in [0.25, 0.3) is 76.9 Å². The lowest BCUT2D eigenvalue weighted by molar-refractivity contribution is 1.05. The second kappa shape index (κ2) is 7.98. The first kappa shape index (κ1) is 21.4. The van der Waals surface area contributed by atoms with E-state index in [1.807, 2.05) is 18.3 Å². The summed E-state index contributed by atoms with van der Waals surface area (Å²) < 4.78 is 4.52. The molecule has 0 N–H and O–H groups in total. The molecule has 4 heterocycles. The van der Waals surface area contributed by atoms with Crippen molar-refractivity contribution in [3.05, 3.63) is 128 Å². The van der Waals surface area contributed by atoms with E-state index in [2.05, 4.69) is 118 Å². The summed E-state index contributed by atoms with van der Waals surface area (Å²) >= 11 is 0. The molecule has 5 nitrogen and oxygen atoms in total. The van der Waals surface area contributed by atoms with E-state index >= 15 is 0 Å². The van der Waals surface area contributed by atoms with Crippen molar-refractivity contribution in [3.8, 4) is 11.4 Å². The predicted octanol–water partition coefficient (Wildman–Crippen LogP) is 8.37. The number of para-hydroxylation sites is 2. The lowest BCUT2D eigenvalue weighted by atomic mass is 10.00. The Morgan fingerprint density at radius 1 is 0.500 bits per heavy atom. The van der Waals surface area contributed by atoms with E-state index in [0.717, 1.165) is 55.4 Å². The summed E-state index contributed by atoms with van der Waals surface area (Å²) in [7, 11) is 0. The molecule has 5 heteroatoms. The van der Waals surface area contributed by atoms with Crippen molar-refractivity contribution in [2.45, 2.75) is 0 Å². The molecule has 4 aromatic heterocycles. The summed E-state index contributed by atoms with van der Waals surface area (Å²) in [6.45, 7) is 0. The van der Waals surface area contributed by atoms with Crippen molar-refractivity contribution in [1.82, 2.24) is 24.3 Å². The van der Waals surface area contributed by atoms with E-state index in [1.54, 1.807) is 0 Å². The van der Waals surface area contributed by atoms with Crippen molar-refractivity contribution in [2.75, 3.05) is 0 Å². The Kier molecular flexibility index (Phi) is 4.27. The van der Waals surface area contributed by atoms with Gasteiger partial charge < -0.3 is 0 Å². The van der Waals surface area contributed by atoms with Crippen molar-refractivity contribution < 1.29 is 0 Å². The molecule has 0 amide bonds. The SMILES string of the molecule is c1ccc(-n2c3ncccc3c3nnc4c(c5ccccc5n4-c4cc5ccccc5c5ccccc45)c32)cc1. The van der Waals surface area contributed by atoms with Crippen LogP contribution < -0.4 is 0 Å². The highest BCUT2D eigenvalue weighted by Crippen LogP contribution is 2.41. The van der Waals surface area contributed by atoms with E-state index in [0.29, 0.717) is 0 Å². The molecule has 0 bridgehead atoms. The van der Waals surface area contributed by atoms with E-state index in [-0.39, 0.29) is 0 Å². The molecule has 0 fully saturated rings. The van der Waals surface area contributed by atoms with Gasteiger partial charge in [0, 0.05) is 28.0 Å². The average molecular weight is 512 g/mol. The van der Waals surface area contributed by atoms with Gasteiger partial charge in [0.05, 0.1) is 22.1 Å². The van der Waals surface area contributed by atoms with E-state index in [4.69, 9.17) is 15.2 Å². The number of nitrogens with zero attached hydrogens (tertiary/aromatic N) is 5. The maximum atomic E-state index is 4.94. The topological polar surface area (TPSA) is 48.5 Å². The highest BCUT2D eigenvalue weighted by atomic mass is 15.2. The first-order chi connectivity index (χ1) is 19.9. The van der Waals surface area contributed by atoms with Gasteiger partial charge in [0.25, 0.3) is 0 Å². The van der Waals surface area contributed by atoms with E-state index in [1.165, 1.54) is 21.5 Å². The van der Waals surface area contributed by atoms with Gasteiger partial charge in [0.1, 0.15) is 11.2 Å². The molecule has 0 aliphatic heterocycles. The molecule has 0 aliphatic rings. The molecule has 9 aromatic rings. The summed E-state index contributed by atoms with van der Waals surface area (Å²) in [5.41, 5.74) is 6.80. The number of pyridine rings is 1. The van der Waals surface area contributed by atoms with Crippen LogP contribution in [0.5, 0.6) is 0 Å². The van der Waals surface area contributed by atoms with Crippen molar-refractivity contribution in [3.63, 3.8) is 0 Å². The average Bonchev–Trinajstić information content (AvgIpc) is 3.54. The molecule has 0 saturated heterocycles. The summed E-state index contributed by atoms with van der Waals surface area (Å²) in [6.07, 6.45) is 1.84. The molecule has 0 atom stereocenters. The molecular formula is C35H21N5. The quantitative estimate of drug-likeness (QED) is 0.219. The van der Waals surface area contributed by atoms with Gasteiger partial charge in [-0.15, -0.1) is 10.2 Å². The predicted molar refractivity (Wildman–Crippen MR) is 164 cm³/mol. The summed E-state index contributed by atoms with van der Waals surface area (Å²) in [4.78, 5) is 4.81. The monoisotopic (exact) mass is 511 g/mol. The van der Waals surface area contributed by atoms with Gasteiger partial charge in [-0.3, -0.25) is 9.13 Å². The van der Waals surface area contributed by atoms with Crippen LogP contribution in [0.2, 0.25) is 0 Å². The Morgan fingerprint density at radius 2 is 1.20 bits per heavy atom. The van der Waals surface area contributed by atoms with Gasteiger partial charge >= 0.3 is 0 Å². The summed E-state index contributed by atoms with van der Waals surface area (Å²) in [6, 6.07) is 42.5. The minimum absolute atomic E-state index is 0.828. The highest BCUT2D eigenvalue weighted by Gasteiger charge is 2.24. The Labute approximate surface area is 228 Å². The van der Waals surface area contributed by atoms with Crippen LogP contribution in [-0.4, -0.2) is 24.3 Å². The Hall–Kier alpha value is -5.55. The van der Waals surface area contributed by atoms with Crippen molar-refractivity contribution >= 4 is 65.5 Å². The van der Waals surface area contributed by atoms with E-state index in [9.17, 15) is 0 Å². The zero-order chi connectivity index (χ0) is 26.2. The van der Waals surface area contributed by atoms with Crippen LogP contribution in [0.1, 0.15) is 0 Å². The number of benzene rings is 5. The van der Waals surface area contributed by atoms with Gasteiger partial charge in [-0.1, -0.05) is 84.9 Å².